The van der Waals surface area contributed by atoms with Gasteiger partial charge in [-0.1, -0.05) is 49.2 Å². The van der Waals surface area contributed by atoms with E-state index in [2.05, 4.69) is 18.9 Å². The molecule has 2 rings (SSSR count). The fourth-order valence-electron chi connectivity index (χ4n) is 1.94. The molecular weight excluding hydrogens is 340 g/mol. The molecule has 2 aromatic rings. The van der Waals surface area contributed by atoms with Crippen LogP contribution in [0.2, 0.25) is 10.0 Å². The van der Waals surface area contributed by atoms with E-state index < -0.39 is 7.52 Å². The van der Waals surface area contributed by atoms with Gasteiger partial charge in [0.1, 0.15) is 5.75 Å². The lowest BCUT2D eigenvalue weighted by molar-refractivity contribution is 0.493. The average molecular weight is 358 g/mol. The van der Waals surface area contributed by atoms with Crippen molar-refractivity contribution in [3.05, 3.63) is 58.1 Å². The van der Waals surface area contributed by atoms with Crippen LogP contribution in [0.4, 0.5) is 5.69 Å². The van der Waals surface area contributed by atoms with Gasteiger partial charge in [0.2, 0.25) is 0 Å². The molecule has 1 N–H and O–H groups in total. The highest BCUT2D eigenvalue weighted by Crippen LogP contribution is 2.45. The van der Waals surface area contributed by atoms with Crippen LogP contribution >= 0.6 is 30.7 Å². The van der Waals surface area contributed by atoms with E-state index in [0.717, 1.165) is 0 Å². The third-order valence-electron chi connectivity index (χ3n) is 3.08. The highest BCUT2D eigenvalue weighted by molar-refractivity contribution is 7.60. The third-order valence-corrected chi connectivity index (χ3v) is 4.84. The van der Waals surface area contributed by atoms with E-state index >= 15 is 0 Å². The van der Waals surface area contributed by atoms with Crippen LogP contribution in [0.5, 0.6) is 5.75 Å². The van der Waals surface area contributed by atoms with E-state index in [1.165, 1.54) is 12.2 Å². The number of hydrogen-bond acceptors (Lipinski definition) is 2. The molecule has 0 heterocycles. The van der Waals surface area contributed by atoms with Crippen molar-refractivity contribution in [1.82, 2.24) is 0 Å². The Balaban J connectivity index is 2.11. The Labute approximate surface area is 141 Å². The van der Waals surface area contributed by atoms with Gasteiger partial charge in [0.15, 0.2) is 0 Å². The minimum Gasteiger partial charge on any atom is -0.429 e. The maximum atomic E-state index is 12.6. The van der Waals surface area contributed by atoms with E-state index in [-0.39, 0.29) is 0 Å². The molecule has 0 bridgehead atoms. The molecule has 0 aliphatic rings. The monoisotopic (exact) mass is 357 g/mol. The van der Waals surface area contributed by atoms with Crippen LogP contribution in [0, 0.1) is 0 Å². The van der Waals surface area contributed by atoms with Crippen molar-refractivity contribution in [2.75, 3.05) is 11.8 Å². The van der Waals surface area contributed by atoms with Gasteiger partial charge in [0.05, 0.1) is 10.7 Å². The predicted molar refractivity (Wildman–Crippen MR) is 94.8 cm³/mol. The Hall–Kier alpha value is -1.15. The molecule has 0 radical (unpaired) electrons. The number of anilines is 1. The zero-order valence-corrected chi connectivity index (χ0v) is 15.0. The molecule has 22 heavy (non-hydrogen) atoms. The van der Waals surface area contributed by atoms with Gasteiger partial charge in [-0.2, -0.15) is 0 Å². The maximum Gasteiger partial charge on any atom is 0.338 e. The molecule has 2 aromatic carbocycles. The summed E-state index contributed by atoms with van der Waals surface area (Å²) in [5.74, 6) is 0.987. The Kier molecular flexibility index (Phi) is 5.44. The first-order valence-corrected chi connectivity index (χ1v) is 9.70. The summed E-state index contributed by atoms with van der Waals surface area (Å²) in [4.78, 5) is 0. The normalized spacial score (nSPS) is 13.7. The molecule has 0 amide bonds. The average Bonchev–Trinajstić information content (AvgIpc) is 2.42. The van der Waals surface area contributed by atoms with Crippen molar-refractivity contribution in [3.8, 4) is 5.75 Å². The number of halogens is 2. The van der Waals surface area contributed by atoms with Gasteiger partial charge in [0, 0.05) is 11.7 Å². The summed E-state index contributed by atoms with van der Waals surface area (Å²) in [7, 11) is -3.09. The first kappa shape index (κ1) is 17.2. The highest BCUT2D eigenvalue weighted by atomic mass is 35.5. The quantitative estimate of drug-likeness (QED) is 0.626. The van der Waals surface area contributed by atoms with Crippen LogP contribution in [0.1, 0.15) is 25.3 Å². The lowest BCUT2D eigenvalue weighted by Gasteiger charge is -2.18. The number of benzene rings is 2. The summed E-state index contributed by atoms with van der Waals surface area (Å²) in [6.07, 6.45) is 0. The van der Waals surface area contributed by atoms with Crippen LogP contribution in [0.15, 0.2) is 42.5 Å². The van der Waals surface area contributed by atoms with E-state index in [9.17, 15) is 4.57 Å². The molecule has 0 aromatic heterocycles. The van der Waals surface area contributed by atoms with Gasteiger partial charge >= 0.3 is 7.52 Å². The highest BCUT2D eigenvalue weighted by Gasteiger charge is 2.19. The molecule has 6 heteroatoms. The molecule has 118 valence electrons. The number of hydrogen-bond donors (Lipinski definition) is 1. The summed E-state index contributed by atoms with van der Waals surface area (Å²) >= 11 is 11.9. The molecule has 3 nitrogen and oxygen atoms in total. The molecule has 0 saturated heterocycles. The standard InChI is InChI=1S/C16H18Cl2NO2P/c1-11(2)12-4-7-14(8-5-12)21-22(3,20)19-16-9-6-13(17)10-15(16)18/h4-11H,1-3H3,(H,19,20)/t22-/m1/s1. The Morgan fingerprint density at radius 2 is 1.73 bits per heavy atom. The van der Waals surface area contributed by atoms with Crippen LogP contribution in [-0.4, -0.2) is 6.66 Å². The topological polar surface area (TPSA) is 38.3 Å². The second-order valence-electron chi connectivity index (χ2n) is 5.40. The fraction of sp³-hybridized carbons (Fsp3) is 0.250. The predicted octanol–water partition coefficient (Wildman–Crippen LogP) is 6.43. The molecule has 1 atom stereocenters. The van der Waals surface area contributed by atoms with Crippen molar-refractivity contribution >= 4 is 36.4 Å². The van der Waals surface area contributed by atoms with E-state index in [4.69, 9.17) is 27.7 Å². The molecular formula is C16H18Cl2NO2P. The van der Waals surface area contributed by atoms with Gasteiger partial charge in [-0.15, -0.1) is 0 Å². The van der Waals surface area contributed by atoms with Gasteiger partial charge in [-0.3, -0.25) is 4.57 Å². The molecule has 0 spiro atoms. The van der Waals surface area contributed by atoms with Crippen molar-refractivity contribution < 1.29 is 9.09 Å². The number of nitrogens with one attached hydrogen (secondary N) is 1. The summed E-state index contributed by atoms with van der Waals surface area (Å²) in [5.41, 5.74) is 1.72. The van der Waals surface area contributed by atoms with Crippen molar-refractivity contribution in [2.24, 2.45) is 0 Å². The van der Waals surface area contributed by atoms with Gasteiger partial charge in [-0.05, 0) is 41.8 Å². The van der Waals surface area contributed by atoms with Crippen LogP contribution in [-0.2, 0) is 4.57 Å². The molecule has 0 unspecified atom stereocenters. The van der Waals surface area contributed by atoms with Crippen LogP contribution in [0.3, 0.4) is 0 Å². The summed E-state index contributed by atoms with van der Waals surface area (Å²) in [6, 6.07) is 12.5. The zero-order chi connectivity index (χ0) is 16.3. The fourth-order valence-corrected chi connectivity index (χ4v) is 3.66. The Bertz CT molecular complexity index is 702. The Morgan fingerprint density at radius 3 is 2.27 bits per heavy atom. The molecule has 0 aliphatic carbocycles. The summed E-state index contributed by atoms with van der Waals surface area (Å²) in [6.45, 7) is 5.74. The lowest BCUT2D eigenvalue weighted by atomic mass is 10.0. The number of rotatable bonds is 5. The minimum absolute atomic E-state index is 0.397. The van der Waals surface area contributed by atoms with Crippen molar-refractivity contribution in [1.29, 1.82) is 0 Å². The second-order valence-corrected chi connectivity index (χ2v) is 8.34. The molecule has 0 aliphatic heterocycles. The first-order chi connectivity index (χ1) is 10.3. The Morgan fingerprint density at radius 1 is 1.09 bits per heavy atom. The van der Waals surface area contributed by atoms with Crippen molar-refractivity contribution in [3.63, 3.8) is 0 Å². The molecule has 0 fully saturated rings. The summed E-state index contributed by atoms with van der Waals surface area (Å²) < 4.78 is 18.2. The van der Waals surface area contributed by atoms with E-state index in [1.54, 1.807) is 18.2 Å². The second kappa shape index (κ2) is 6.95. The van der Waals surface area contributed by atoms with E-state index in [0.29, 0.717) is 27.4 Å². The van der Waals surface area contributed by atoms with Crippen LogP contribution in [0.25, 0.3) is 0 Å². The lowest BCUT2D eigenvalue weighted by Crippen LogP contribution is -2.02. The van der Waals surface area contributed by atoms with Crippen molar-refractivity contribution in [2.45, 2.75) is 19.8 Å². The van der Waals surface area contributed by atoms with Crippen LogP contribution < -0.4 is 9.61 Å². The minimum atomic E-state index is -3.09. The first-order valence-electron chi connectivity index (χ1n) is 6.87. The van der Waals surface area contributed by atoms with Gasteiger partial charge in [0.25, 0.3) is 0 Å². The smallest absolute Gasteiger partial charge is 0.338 e. The summed E-state index contributed by atoms with van der Waals surface area (Å²) in [5, 5.41) is 3.76. The van der Waals surface area contributed by atoms with E-state index in [1.807, 2.05) is 24.3 Å². The largest absolute Gasteiger partial charge is 0.429 e. The third kappa shape index (κ3) is 4.67. The SMILES string of the molecule is CC(C)c1ccc(O[P@@](C)(=O)Nc2ccc(Cl)cc2Cl)cc1. The van der Waals surface area contributed by atoms with Gasteiger partial charge in [-0.25, -0.2) is 0 Å². The van der Waals surface area contributed by atoms with Gasteiger partial charge < -0.3 is 9.61 Å². The molecule has 0 saturated carbocycles. The zero-order valence-electron chi connectivity index (χ0n) is 12.6. The maximum absolute atomic E-state index is 12.6.